The first-order valence-corrected chi connectivity index (χ1v) is 6.67. The van der Waals surface area contributed by atoms with Crippen molar-refractivity contribution in [3.8, 4) is 0 Å². The summed E-state index contributed by atoms with van der Waals surface area (Å²) in [7, 11) is 0. The number of epoxide rings is 1. The Kier molecular flexibility index (Phi) is 1.97. The highest BCUT2D eigenvalue weighted by atomic mass is 16.7. The van der Waals surface area contributed by atoms with E-state index in [1.54, 1.807) is 12.5 Å². The van der Waals surface area contributed by atoms with E-state index >= 15 is 0 Å². The number of hydrogen-bond acceptors (Lipinski definition) is 4. The van der Waals surface area contributed by atoms with Gasteiger partial charge in [0.15, 0.2) is 6.10 Å². The number of carbonyl (C=O) groups is 1. The predicted molar refractivity (Wildman–Crippen MR) is 66.2 cm³/mol. The molecule has 0 aromatic carbocycles. The summed E-state index contributed by atoms with van der Waals surface area (Å²) < 4.78 is 16.7. The fraction of sp³-hybridized carbons (Fsp3) is 0.533. The van der Waals surface area contributed by atoms with Crippen molar-refractivity contribution in [1.82, 2.24) is 0 Å². The average molecular weight is 260 g/mol. The van der Waals surface area contributed by atoms with E-state index in [2.05, 4.69) is 19.9 Å². The predicted octanol–water partition coefficient (Wildman–Crippen LogP) is 2.76. The second kappa shape index (κ2) is 3.31. The first kappa shape index (κ1) is 11.3. The lowest BCUT2D eigenvalue weighted by molar-refractivity contribution is -0.166. The van der Waals surface area contributed by atoms with Gasteiger partial charge in [0.05, 0.1) is 12.5 Å². The Balaban J connectivity index is 1.86. The molecule has 0 saturated carbocycles. The van der Waals surface area contributed by atoms with Crippen molar-refractivity contribution in [3.05, 3.63) is 35.8 Å². The second-order valence-corrected chi connectivity index (χ2v) is 5.95. The van der Waals surface area contributed by atoms with E-state index < -0.39 is 11.7 Å². The standard InChI is InChI=1S/C15H16O4/c1-9-4-3-6-14(2)11(10-5-7-17-8-10)18-13(16)12-15(9,14)19-12/h4-5,7-8,11-12H,3,6H2,1-2H3/t11-,12+,14+,15-/m0/s1. The Labute approximate surface area is 111 Å². The molecular weight excluding hydrogens is 244 g/mol. The molecule has 2 saturated heterocycles. The highest BCUT2D eigenvalue weighted by Gasteiger charge is 2.77. The van der Waals surface area contributed by atoms with Crippen LogP contribution in [0.15, 0.2) is 34.7 Å². The maximum atomic E-state index is 12.1. The molecule has 1 aromatic heterocycles. The first-order valence-electron chi connectivity index (χ1n) is 6.67. The maximum absolute atomic E-state index is 12.1. The van der Waals surface area contributed by atoms with Gasteiger partial charge in [-0.15, -0.1) is 0 Å². The van der Waals surface area contributed by atoms with Crippen LogP contribution in [0.25, 0.3) is 0 Å². The van der Waals surface area contributed by atoms with Gasteiger partial charge in [0.25, 0.3) is 0 Å². The van der Waals surface area contributed by atoms with Crippen LogP contribution in [-0.2, 0) is 14.3 Å². The van der Waals surface area contributed by atoms with Gasteiger partial charge in [-0.05, 0) is 31.4 Å². The van der Waals surface area contributed by atoms with E-state index in [1.807, 2.05) is 6.07 Å². The third-order valence-corrected chi connectivity index (χ3v) is 5.04. The second-order valence-electron chi connectivity index (χ2n) is 5.95. The number of furan rings is 1. The molecule has 1 aromatic rings. The normalized spacial score (nSPS) is 43.9. The summed E-state index contributed by atoms with van der Waals surface area (Å²) in [6.07, 6.45) is 6.69. The molecule has 100 valence electrons. The summed E-state index contributed by atoms with van der Waals surface area (Å²) in [5.74, 6) is -0.252. The van der Waals surface area contributed by atoms with Gasteiger partial charge in [0.1, 0.15) is 11.7 Å². The molecule has 19 heavy (non-hydrogen) atoms. The smallest absolute Gasteiger partial charge is 0.339 e. The molecule has 0 radical (unpaired) electrons. The lowest BCUT2D eigenvalue weighted by Crippen LogP contribution is -2.51. The zero-order valence-electron chi connectivity index (χ0n) is 11.0. The minimum absolute atomic E-state index is 0.214. The van der Waals surface area contributed by atoms with E-state index in [4.69, 9.17) is 13.9 Å². The fourth-order valence-electron chi connectivity index (χ4n) is 3.97. The molecule has 0 N–H and O–H groups in total. The van der Waals surface area contributed by atoms with E-state index in [1.165, 1.54) is 0 Å². The molecule has 3 heterocycles. The lowest BCUT2D eigenvalue weighted by atomic mass is 9.60. The molecule has 4 rings (SSSR count). The van der Waals surface area contributed by atoms with E-state index in [0.717, 1.165) is 24.0 Å². The topological polar surface area (TPSA) is 52.0 Å². The van der Waals surface area contributed by atoms with E-state index in [-0.39, 0.29) is 17.5 Å². The molecule has 4 atom stereocenters. The van der Waals surface area contributed by atoms with Gasteiger partial charge < -0.3 is 13.9 Å². The molecule has 0 amide bonds. The Morgan fingerprint density at radius 3 is 2.95 bits per heavy atom. The van der Waals surface area contributed by atoms with Crippen molar-refractivity contribution < 1.29 is 18.7 Å². The van der Waals surface area contributed by atoms with Crippen LogP contribution in [0.4, 0.5) is 0 Å². The molecule has 4 nitrogen and oxygen atoms in total. The van der Waals surface area contributed by atoms with E-state index in [0.29, 0.717) is 0 Å². The van der Waals surface area contributed by atoms with Crippen LogP contribution in [0, 0.1) is 5.41 Å². The van der Waals surface area contributed by atoms with Gasteiger partial charge >= 0.3 is 5.97 Å². The summed E-state index contributed by atoms with van der Waals surface area (Å²) >= 11 is 0. The maximum Gasteiger partial charge on any atom is 0.339 e. The summed E-state index contributed by atoms with van der Waals surface area (Å²) in [6.45, 7) is 4.22. The highest BCUT2D eigenvalue weighted by Crippen LogP contribution is 2.67. The Hall–Kier alpha value is -1.55. The summed E-state index contributed by atoms with van der Waals surface area (Å²) in [6, 6.07) is 1.87. The number of carbonyl (C=O) groups excluding carboxylic acids is 1. The fourth-order valence-corrected chi connectivity index (χ4v) is 3.97. The Morgan fingerprint density at radius 1 is 1.37 bits per heavy atom. The van der Waals surface area contributed by atoms with Crippen LogP contribution in [0.5, 0.6) is 0 Å². The summed E-state index contributed by atoms with van der Waals surface area (Å²) in [4.78, 5) is 12.1. The van der Waals surface area contributed by atoms with Crippen molar-refractivity contribution in [2.45, 2.75) is 44.5 Å². The third-order valence-electron chi connectivity index (χ3n) is 5.04. The lowest BCUT2D eigenvalue weighted by Gasteiger charge is -2.46. The molecular formula is C15H16O4. The molecule has 0 unspecified atom stereocenters. The van der Waals surface area contributed by atoms with Crippen LogP contribution >= 0.6 is 0 Å². The van der Waals surface area contributed by atoms with Gasteiger partial charge in [0.2, 0.25) is 0 Å². The van der Waals surface area contributed by atoms with Crippen molar-refractivity contribution in [2.24, 2.45) is 5.41 Å². The SMILES string of the molecule is CC1=CCC[C@]2(C)[C@H](c3ccoc3)OC(=O)[C@H]3O[C@@]132. The summed E-state index contributed by atoms with van der Waals surface area (Å²) in [5.41, 5.74) is 1.41. The molecule has 2 fully saturated rings. The van der Waals surface area contributed by atoms with Crippen molar-refractivity contribution in [2.75, 3.05) is 0 Å². The average Bonchev–Trinajstić information content (AvgIpc) is 2.94. The van der Waals surface area contributed by atoms with Gasteiger partial charge in [-0.3, -0.25) is 0 Å². The number of hydrogen-bond donors (Lipinski definition) is 0. The van der Waals surface area contributed by atoms with Crippen molar-refractivity contribution >= 4 is 5.97 Å². The molecule has 1 spiro atoms. The highest BCUT2D eigenvalue weighted by molar-refractivity contribution is 5.83. The van der Waals surface area contributed by atoms with Crippen LogP contribution < -0.4 is 0 Å². The van der Waals surface area contributed by atoms with Gasteiger partial charge in [-0.2, -0.15) is 0 Å². The first-order chi connectivity index (χ1) is 9.09. The number of allylic oxidation sites excluding steroid dienone is 1. The number of esters is 1. The minimum Gasteiger partial charge on any atom is -0.472 e. The molecule has 1 aliphatic carbocycles. The monoisotopic (exact) mass is 260 g/mol. The van der Waals surface area contributed by atoms with Crippen LogP contribution in [0.2, 0.25) is 0 Å². The number of ether oxygens (including phenoxy) is 2. The van der Waals surface area contributed by atoms with Crippen LogP contribution in [0.1, 0.15) is 38.4 Å². The zero-order valence-corrected chi connectivity index (χ0v) is 11.0. The largest absolute Gasteiger partial charge is 0.472 e. The quantitative estimate of drug-likeness (QED) is 0.442. The Morgan fingerprint density at radius 2 is 2.21 bits per heavy atom. The molecule has 4 heteroatoms. The van der Waals surface area contributed by atoms with E-state index in [9.17, 15) is 4.79 Å². The number of rotatable bonds is 1. The minimum atomic E-state index is -0.456. The zero-order chi connectivity index (χ0) is 13.3. The van der Waals surface area contributed by atoms with Gasteiger partial charge in [-0.25, -0.2) is 4.79 Å². The number of cyclic esters (lactones) is 1. The van der Waals surface area contributed by atoms with Gasteiger partial charge in [-0.1, -0.05) is 13.0 Å². The van der Waals surface area contributed by atoms with Crippen molar-refractivity contribution in [3.63, 3.8) is 0 Å². The molecule has 0 bridgehead atoms. The van der Waals surface area contributed by atoms with Crippen LogP contribution in [0.3, 0.4) is 0 Å². The summed E-state index contributed by atoms with van der Waals surface area (Å²) in [5, 5.41) is 0. The third kappa shape index (κ3) is 1.16. The van der Waals surface area contributed by atoms with Crippen molar-refractivity contribution in [1.29, 1.82) is 0 Å². The Bertz CT molecular complexity index is 573. The van der Waals surface area contributed by atoms with Gasteiger partial charge in [0, 0.05) is 11.0 Å². The molecule has 3 aliphatic rings. The molecule has 2 aliphatic heterocycles. The van der Waals surface area contributed by atoms with Crippen LogP contribution in [-0.4, -0.2) is 17.7 Å².